The molecule has 0 aliphatic heterocycles. The largest absolute Gasteiger partial charge is 0.326 e. The summed E-state index contributed by atoms with van der Waals surface area (Å²) in [7, 11) is 0. The minimum atomic E-state index is -0.315. The number of carbonyl (C=O) groups excluding carboxylic acids is 2. The number of para-hydroxylation sites is 1. The van der Waals surface area contributed by atoms with Gasteiger partial charge in [-0.2, -0.15) is 0 Å². The van der Waals surface area contributed by atoms with Gasteiger partial charge in [-0.3, -0.25) is 9.59 Å². The summed E-state index contributed by atoms with van der Waals surface area (Å²) in [5, 5.41) is 8.55. The molecular weight excluding hydrogens is 342 g/mol. The van der Waals surface area contributed by atoms with E-state index in [1.807, 2.05) is 31.2 Å². The van der Waals surface area contributed by atoms with Gasteiger partial charge in [-0.15, -0.1) is 0 Å². The molecule has 136 valence electrons. The van der Waals surface area contributed by atoms with Crippen molar-refractivity contribution in [3.8, 4) is 0 Å². The lowest BCUT2D eigenvalue weighted by atomic mass is 10.2. The Kier molecular flexibility index (Phi) is 5.41. The molecule has 7 nitrogen and oxygen atoms in total. The molecule has 3 N–H and O–H groups in total. The Morgan fingerprint density at radius 1 is 0.852 bits per heavy atom. The second kappa shape index (κ2) is 8.09. The highest BCUT2D eigenvalue weighted by Gasteiger charge is 2.08. The first-order chi connectivity index (χ1) is 13.0. The van der Waals surface area contributed by atoms with Crippen LogP contribution in [-0.2, 0) is 4.79 Å². The van der Waals surface area contributed by atoms with Crippen molar-refractivity contribution >= 4 is 34.8 Å². The Balaban J connectivity index is 1.63. The molecule has 0 fully saturated rings. The van der Waals surface area contributed by atoms with Crippen molar-refractivity contribution in [1.29, 1.82) is 0 Å². The average Bonchev–Trinajstić information content (AvgIpc) is 2.65. The van der Waals surface area contributed by atoms with Crippen molar-refractivity contribution in [2.75, 3.05) is 16.0 Å². The van der Waals surface area contributed by atoms with Crippen molar-refractivity contribution in [2.45, 2.75) is 13.8 Å². The smallest absolute Gasteiger partial charge is 0.258 e. The summed E-state index contributed by atoms with van der Waals surface area (Å²) in [4.78, 5) is 31.7. The van der Waals surface area contributed by atoms with E-state index in [4.69, 9.17) is 0 Å². The number of hydrogen-bond acceptors (Lipinski definition) is 5. The number of aromatic nitrogens is 2. The minimum absolute atomic E-state index is 0.150. The van der Waals surface area contributed by atoms with Crippen LogP contribution in [0.5, 0.6) is 0 Å². The van der Waals surface area contributed by atoms with Gasteiger partial charge in [-0.05, 0) is 42.8 Å². The van der Waals surface area contributed by atoms with Crippen molar-refractivity contribution in [3.05, 3.63) is 72.1 Å². The lowest BCUT2D eigenvalue weighted by Crippen LogP contribution is -2.13. The van der Waals surface area contributed by atoms with Crippen LogP contribution in [-0.4, -0.2) is 21.8 Å². The molecule has 7 heteroatoms. The molecule has 0 saturated heterocycles. The second-order valence-electron chi connectivity index (χ2n) is 5.95. The monoisotopic (exact) mass is 361 g/mol. The van der Waals surface area contributed by atoms with Crippen LogP contribution >= 0.6 is 0 Å². The van der Waals surface area contributed by atoms with Gasteiger partial charge in [0, 0.05) is 36.4 Å². The number of aryl methyl sites for hydroxylation is 1. The van der Waals surface area contributed by atoms with Crippen molar-refractivity contribution < 1.29 is 9.59 Å². The van der Waals surface area contributed by atoms with Gasteiger partial charge in [-0.25, -0.2) is 9.97 Å². The summed E-state index contributed by atoms with van der Waals surface area (Å²) >= 11 is 0. The van der Waals surface area contributed by atoms with Crippen molar-refractivity contribution in [3.63, 3.8) is 0 Å². The number of rotatable bonds is 5. The molecule has 0 spiro atoms. The zero-order chi connectivity index (χ0) is 19.2. The summed E-state index contributed by atoms with van der Waals surface area (Å²) in [6.45, 7) is 3.43. The Labute approximate surface area is 156 Å². The highest BCUT2D eigenvalue weighted by atomic mass is 16.2. The fourth-order valence-corrected chi connectivity index (χ4v) is 2.39. The minimum Gasteiger partial charge on any atom is -0.326 e. The summed E-state index contributed by atoms with van der Waals surface area (Å²) < 4.78 is 0. The zero-order valence-electron chi connectivity index (χ0n) is 15.0. The highest BCUT2D eigenvalue weighted by molar-refractivity contribution is 6.04. The highest BCUT2D eigenvalue weighted by Crippen LogP contribution is 2.18. The number of hydrogen-bond donors (Lipinski definition) is 3. The van der Waals surface area contributed by atoms with Gasteiger partial charge >= 0.3 is 0 Å². The van der Waals surface area contributed by atoms with Crippen LogP contribution in [0.25, 0.3) is 0 Å². The number of amides is 2. The van der Waals surface area contributed by atoms with Crippen LogP contribution < -0.4 is 16.0 Å². The maximum atomic E-state index is 12.3. The maximum Gasteiger partial charge on any atom is 0.258 e. The third-order valence-electron chi connectivity index (χ3n) is 3.77. The van der Waals surface area contributed by atoms with Crippen LogP contribution in [0.4, 0.5) is 23.0 Å². The Morgan fingerprint density at radius 2 is 1.44 bits per heavy atom. The standard InChI is InChI=1S/C20H19N5O2/c1-13-5-3-4-6-18(13)25-20-21-11-15(12-22-20)19(27)24-17-9-7-16(8-10-17)23-14(2)26/h3-12H,1-2H3,(H,23,26)(H,24,27)(H,21,22,25). The van der Waals surface area contributed by atoms with E-state index in [0.29, 0.717) is 22.9 Å². The van der Waals surface area contributed by atoms with Crippen LogP contribution in [0.15, 0.2) is 60.9 Å². The molecule has 27 heavy (non-hydrogen) atoms. The number of carbonyl (C=O) groups is 2. The van der Waals surface area contributed by atoms with E-state index in [-0.39, 0.29) is 11.8 Å². The maximum absolute atomic E-state index is 12.3. The first-order valence-electron chi connectivity index (χ1n) is 8.35. The molecule has 1 aromatic heterocycles. The number of nitrogens with one attached hydrogen (secondary N) is 3. The summed E-state index contributed by atoms with van der Waals surface area (Å²) in [6, 6.07) is 14.6. The average molecular weight is 361 g/mol. The van der Waals surface area contributed by atoms with Gasteiger partial charge in [0.25, 0.3) is 5.91 Å². The first-order valence-corrected chi connectivity index (χ1v) is 8.35. The summed E-state index contributed by atoms with van der Waals surface area (Å²) in [5.41, 5.74) is 3.60. The van der Waals surface area contributed by atoms with E-state index in [9.17, 15) is 9.59 Å². The third kappa shape index (κ3) is 4.88. The normalized spacial score (nSPS) is 10.1. The predicted molar refractivity (Wildman–Crippen MR) is 105 cm³/mol. The van der Waals surface area contributed by atoms with Gasteiger partial charge < -0.3 is 16.0 Å². The van der Waals surface area contributed by atoms with E-state index in [2.05, 4.69) is 25.9 Å². The van der Waals surface area contributed by atoms with Crippen LogP contribution in [0.1, 0.15) is 22.8 Å². The third-order valence-corrected chi connectivity index (χ3v) is 3.77. The Hall–Kier alpha value is -3.74. The molecule has 1 heterocycles. The van der Waals surface area contributed by atoms with E-state index < -0.39 is 0 Å². The molecule has 0 aliphatic rings. The molecule has 0 radical (unpaired) electrons. The lowest BCUT2D eigenvalue weighted by Gasteiger charge is -2.09. The van der Waals surface area contributed by atoms with Crippen LogP contribution in [0.3, 0.4) is 0 Å². The number of nitrogens with zero attached hydrogens (tertiary/aromatic N) is 2. The van der Waals surface area contributed by atoms with Crippen molar-refractivity contribution in [1.82, 2.24) is 9.97 Å². The SMILES string of the molecule is CC(=O)Nc1ccc(NC(=O)c2cnc(Nc3ccccc3C)nc2)cc1. The molecule has 0 unspecified atom stereocenters. The molecule has 2 aromatic carbocycles. The van der Waals surface area contributed by atoms with Crippen molar-refractivity contribution in [2.24, 2.45) is 0 Å². The van der Waals surface area contributed by atoms with Crippen LogP contribution in [0.2, 0.25) is 0 Å². The summed E-state index contributed by atoms with van der Waals surface area (Å²) in [6.07, 6.45) is 2.93. The lowest BCUT2D eigenvalue weighted by molar-refractivity contribution is -0.114. The Bertz CT molecular complexity index is 953. The molecule has 0 aliphatic carbocycles. The molecule has 0 saturated carbocycles. The fourth-order valence-electron chi connectivity index (χ4n) is 2.39. The van der Waals surface area contributed by atoms with Gasteiger partial charge in [0.1, 0.15) is 0 Å². The molecule has 0 bridgehead atoms. The molecule has 3 rings (SSSR count). The van der Waals surface area contributed by atoms with E-state index in [0.717, 1.165) is 11.3 Å². The van der Waals surface area contributed by atoms with Gasteiger partial charge in [0.2, 0.25) is 11.9 Å². The fraction of sp³-hybridized carbons (Fsp3) is 0.100. The molecule has 2 amide bonds. The quantitative estimate of drug-likeness (QED) is 0.643. The van der Waals surface area contributed by atoms with E-state index >= 15 is 0 Å². The number of anilines is 4. The van der Waals surface area contributed by atoms with Gasteiger partial charge in [0.05, 0.1) is 5.56 Å². The van der Waals surface area contributed by atoms with Gasteiger partial charge in [0.15, 0.2) is 0 Å². The molecule has 3 aromatic rings. The molecular formula is C20H19N5O2. The second-order valence-corrected chi connectivity index (χ2v) is 5.95. The Morgan fingerprint density at radius 3 is 2.04 bits per heavy atom. The number of benzene rings is 2. The molecule has 0 atom stereocenters. The van der Waals surface area contributed by atoms with E-state index in [1.54, 1.807) is 24.3 Å². The van der Waals surface area contributed by atoms with Crippen LogP contribution in [0, 0.1) is 6.92 Å². The summed E-state index contributed by atoms with van der Waals surface area (Å²) in [5.74, 6) is -0.0476. The first kappa shape index (κ1) is 18.1. The topological polar surface area (TPSA) is 96.0 Å². The van der Waals surface area contributed by atoms with E-state index in [1.165, 1.54) is 19.3 Å². The van der Waals surface area contributed by atoms with Gasteiger partial charge in [-0.1, -0.05) is 18.2 Å². The predicted octanol–water partition coefficient (Wildman–Crippen LogP) is 3.74. The zero-order valence-corrected chi connectivity index (χ0v) is 15.0.